The van der Waals surface area contributed by atoms with Crippen molar-refractivity contribution in [1.82, 2.24) is 15.6 Å². The molecule has 0 spiro atoms. The first kappa shape index (κ1) is 17.2. The molecule has 0 fully saturated rings. The number of hydrogen-bond donors (Lipinski definition) is 2. The zero-order valence-electron chi connectivity index (χ0n) is 14.2. The summed E-state index contributed by atoms with van der Waals surface area (Å²) in [6.07, 6.45) is 2.71. The highest BCUT2D eigenvalue weighted by molar-refractivity contribution is 5.82. The fourth-order valence-electron chi connectivity index (χ4n) is 2.50. The summed E-state index contributed by atoms with van der Waals surface area (Å²) >= 11 is 0. The molecule has 1 heterocycles. The second-order valence-electron chi connectivity index (χ2n) is 5.50. The van der Waals surface area contributed by atoms with E-state index in [9.17, 15) is 0 Å². The second kappa shape index (κ2) is 9.10. The van der Waals surface area contributed by atoms with Gasteiger partial charge in [-0.1, -0.05) is 24.3 Å². The van der Waals surface area contributed by atoms with Gasteiger partial charge in [0.2, 0.25) is 0 Å². The Kier molecular flexibility index (Phi) is 6.81. The lowest BCUT2D eigenvalue weighted by atomic mass is 10.1. The van der Waals surface area contributed by atoms with Crippen LogP contribution in [-0.4, -0.2) is 43.8 Å². The summed E-state index contributed by atoms with van der Waals surface area (Å²) in [6.45, 7) is 6.33. The Bertz CT molecular complexity index is 636. The van der Waals surface area contributed by atoms with Gasteiger partial charge in [0, 0.05) is 37.8 Å². The fourth-order valence-corrected chi connectivity index (χ4v) is 2.50. The average Bonchev–Trinajstić information content (AvgIpc) is 2.55. The third kappa shape index (κ3) is 5.21. The molecule has 2 aromatic rings. The topological polar surface area (TPSA) is 58.5 Å². The number of rotatable bonds is 7. The van der Waals surface area contributed by atoms with Crippen LogP contribution in [-0.2, 0) is 11.2 Å². The van der Waals surface area contributed by atoms with Gasteiger partial charge in [-0.15, -0.1) is 0 Å². The van der Waals surface area contributed by atoms with Gasteiger partial charge in [-0.25, -0.2) is 0 Å². The Hall–Kier alpha value is -2.14. The Morgan fingerprint density at radius 3 is 2.91 bits per heavy atom. The molecule has 0 aliphatic heterocycles. The summed E-state index contributed by atoms with van der Waals surface area (Å²) in [5, 5.41) is 7.78. The van der Waals surface area contributed by atoms with Crippen molar-refractivity contribution in [3.05, 3.63) is 42.1 Å². The van der Waals surface area contributed by atoms with Crippen molar-refractivity contribution in [2.45, 2.75) is 26.3 Å². The number of nitrogens with one attached hydrogen (secondary N) is 2. The predicted molar refractivity (Wildman–Crippen MR) is 95.9 cm³/mol. The lowest BCUT2D eigenvalue weighted by Gasteiger charge is -2.17. The van der Waals surface area contributed by atoms with Gasteiger partial charge < -0.3 is 15.4 Å². The molecule has 0 radical (unpaired) electrons. The van der Waals surface area contributed by atoms with Crippen molar-refractivity contribution < 1.29 is 4.74 Å². The standard InChI is InChI=1S/C18H26N4O/c1-4-19-18(22-14(2)13-23-3)21-12-10-16-8-5-7-15-9-6-11-20-17(15)16/h5-9,11,14H,4,10,12-13H2,1-3H3,(H2,19,21,22). The number of fused-ring (bicyclic) bond motifs is 1. The molecule has 2 rings (SSSR count). The second-order valence-corrected chi connectivity index (χ2v) is 5.50. The lowest BCUT2D eigenvalue weighted by molar-refractivity contribution is 0.179. The van der Waals surface area contributed by atoms with E-state index in [0.717, 1.165) is 24.4 Å². The van der Waals surface area contributed by atoms with Gasteiger partial charge in [-0.3, -0.25) is 9.98 Å². The molecule has 0 amide bonds. The summed E-state index contributed by atoms with van der Waals surface area (Å²) in [6, 6.07) is 10.6. The molecule has 5 nitrogen and oxygen atoms in total. The minimum Gasteiger partial charge on any atom is -0.383 e. The summed E-state index contributed by atoms with van der Waals surface area (Å²) < 4.78 is 5.15. The summed E-state index contributed by atoms with van der Waals surface area (Å²) in [5.74, 6) is 0.824. The maximum atomic E-state index is 5.15. The van der Waals surface area contributed by atoms with Crippen molar-refractivity contribution in [3.63, 3.8) is 0 Å². The molecule has 0 aliphatic rings. The van der Waals surface area contributed by atoms with Crippen LogP contribution in [0.15, 0.2) is 41.5 Å². The molecular formula is C18H26N4O. The van der Waals surface area contributed by atoms with E-state index in [1.54, 1.807) is 7.11 Å². The van der Waals surface area contributed by atoms with E-state index in [4.69, 9.17) is 4.74 Å². The van der Waals surface area contributed by atoms with Crippen LogP contribution in [0.3, 0.4) is 0 Å². The number of aliphatic imine (C=N–C) groups is 1. The first-order chi connectivity index (χ1) is 11.2. The Labute approximate surface area is 138 Å². The lowest BCUT2D eigenvalue weighted by Crippen LogP contribution is -2.44. The van der Waals surface area contributed by atoms with Crippen molar-refractivity contribution in [1.29, 1.82) is 0 Å². The highest BCUT2D eigenvalue weighted by Crippen LogP contribution is 2.16. The van der Waals surface area contributed by atoms with E-state index in [1.807, 2.05) is 12.3 Å². The third-order valence-electron chi connectivity index (χ3n) is 3.51. The van der Waals surface area contributed by atoms with E-state index >= 15 is 0 Å². The van der Waals surface area contributed by atoms with E-state index in [0.29, 0.717) is 13.2 Å². The van der Waals surface area contributed by atoms with Crippen LogP contribution in [0.25, 0.3) is 10.9 Å². The van der Waals surface area contributed by atoms with E-state index < -0.39 is 0 Å². The van der Waals surface area contributed by atoms with Crippen molar-refractivity contribution in [3.8, 4) is 0 Å². The van der Waals surface area contributed by atoms with Crippen molar-refractivity contribution >= 4 is 16.9 Å². The minimum absolute atomic E-state index is 0.219. The summed E-state index contributed by atoms with van der Waals surface area (Å²) in [7, 11) is 1.70. The number of methoxy groups -OCH3 is 1. The van der Waals surface area contributed by atoms with Gasteiger partial charge in [-0.05, 0) is 31.9 Å². The SMILES string of the molecule is CCNC(=NCCc1cccc2cccnc12)NC(C)COC. The normalized spacial score (nSPS) is 13.1. The summed E-state index contributed by atoms with van der Waals surface area (Å²) in [4.78, 5) is 9.14. The van der Waals surface area contributed by atoms with Gasteiger partial charge >= 0.3 is 0 Å². The molecule has 124 valence electrons. The number of ether oxygens (including phenoxy) is 1. The Balaban J connectivity index is 2.01. The average molecular weight is 314 g/mol. The molecule has 1 aromatic carbocycles. The zero-order chi connectivity index (χ0) is 16.5. The number of hydrogen-bond acceptors (Lipinski definition) is 3. The van der Waals surface area contributed by atoms with Gasteiger partial charge in [-0.2, -0.15) is 0 Å². The van der Waals surface area contributed by atoms with Crippen LogP contribution in [0.5, 0.6) is 0 Å². The van der Waals surface area contributed by atoms with Crippen molar-refractivity contribution in [2.24, 2.45) is 4.99 Å². The molecule has 0 saturated carbocycles. The van der Waals surface area contributed by atoms with E-state index in [1.165, 1.54) is 10.9 Å². The van der Waals surface area contributed by atoms with Crippen LogP contribution in [0, 0.1) is 0 Å². The van der Waals surface area contributed by atoms with Gasteiger partial charge in [0.15, 0.2) is 5.96 Å². The number of nitrogens with zero attached hydrogens (tertiary/aromatic N) is 2. The third-order valence-corrected chi connectivity index (χ3v) is 3.51. The number of para-hydroxylation sites is 1. The molecular weight excluding hydrogens is 288 g/mol. The Morgan fingerprint density at radius 2 is 2.13 bits per heavy atom. The van der Waals surface area contributed by atoms with Crippen LogP contribution >= 0.6 is 0 Å². The van der Waals surface area contributed by atoms with E-state index in [2.05, 4.69) is 58.7 Å². The number of aromatic nitrogens is 1. The quantitative estimate of drug-likeness (QED) is 0.608. The molecule has 2 N–H and O–H groups in total. The maximum absolute atomic E-state index is 5.15. The monoisotopic (exact) mass is 314 g/mol. The van der Waals surface area contributed by atoms with Crippen LogP contribution < -0.4 is 10.6 Å². The molecule has 0 saturated heterocycles. The largest absolute Gasteiger partial charge is 0.383 e. The zero-order valence-corrected chi connectivity index (χ0v) is 14.2. The minimum atomic E-state index is 0.219. The van der Waals surface area contributed by atoms with E-state index in [-0.39, 0.29) is 6.04 Å². The van der Waals surface area contributed by atoms with Crippen molar-refractivity contribution in [2.75, 3.05) is 26.8 Å². The molecule has 23 heavy (non-hydrogen) atoms. The van der Waals surface area contributed by atoms with Gasteiger partial charge in [0.1, 0.15) is 0 Å². The summed E-state index contributed by atoms with van der Waals surface area (Å²) in [5.41, 5.74) is 2.29. The highest BCUT2D eigenvalue weighted by Gasteiger charge is 2.05. The smallest absolute Gasteiger partial charge is 0.191 e. The Morgan fingerprint density at radius 1 is 1.30 bits per heavy atom. The van der Waals surface area contributed by atoms with Gasteiger partial charge in [0.05, 0.1) is 12.1 Å². The number of benzene rings is 1. The molecule has 0 bridgehead atoms. The molecule has 5 heteroatoms. The van der Waals surface area contributed by atoms with Crippen LogP contribution in [0.4, 0.5) is 0 Å². The van der Waals surface area contributed by atoms with Crippen LogP contribution in [0.1, 0.15) is 19.4 Å². The number of guanidine groups is 1. The molecule has 0 aliphatic carbocycles. The van der Waals surface area contributed by atoms with Gasteiger partial charge in [0.25, 0.3) is 0 Å². The molecule has 1 aromatic heterocycles. The maximum Gasteiger partial charge on any atom is 0.191 e. The first-order valence-corrected chi connectivity index (χ1v) is 8.11. The fraction of sp³-hybridized carbons (Fsp3) is 0.444. The highest BCUT2D eigenvalue weighted by atomic mass is 16.5. The number of pyridine rings is 1. The van der Waals surface area contributed by atoms with Crippen LogP contribution in [0.2, 0.25) is 0 Å². The molecule has 1 atom stereocenters. The first-order valence-electron chi connectivity index (χ1n) is 8.11. The predicted octanol–water partition coefficient (Wildman–Crippen LogP) is 2.37. The molecule has 1 unspecified atom stereocenters.